The van der Waals surface area contributed by atoms with Crippen molar-refractivity contribution in [3.63, 3.8) is 0 Å². The first-order valence-electron chi connectivity index (χ1n) is 7.40. The highest BCUT2D eigenvalue weighted by atomic mass is 79.9. The maximum atomic E-state index is 12.1. The summed E-state index contributed by atoms with van der Waals surface area (Å²) in [4.78, 5) is 23.9. The van der Waals surface area contributed by atoms with E-state index in [0.717, 1.165) is 4.47 Å². The van der Waals surface area contributed by atoms with E-state index in [1.807, 2.05) is 6.92 Å². The molecule has 8 heteroatoms. The molecule has 2 aromatic carbocycles. The van der Waals surface area contributed by atoms with Crippen LogP contribution in [0.1, 0.15) is 17.3 Å². The monoisotopic (exact) mass is 426 g/mol. The Hall–Kier alpha value is -2.25. The number of halogens is 2. The van der Waals surface area contributed by atoms with Gasteiger partial charge in [-0.05, 0) is 37.3 Å². The zero-order chi connectivity index (χ0) is 18.2. The summed E-state index contributed by atoms with van der Waals surface area (Å²) in [7, 11) is 0. The zero-order valence-corrected chi connectivity index (χ0v) is 15.7. The Morgan fingerprint density at radius 2 is 1.84 bits per heavy atom. The predicted octanol–water partition coefficient (Wildman–Crippen LogP) is 3.34. The van der Waals surface area contributed by atoms with Crippen LogP contribution in [-0.2, 0) is 4.79 Å². The van der Waals surface area contributed by atoms with E-state index in [9.17, 15) is 9.59 Å². The molecule has 2 N–H and O–H groups in total. The Labute approximate surface area is 158 Å². The normalized spacial score (nSPS) is 10.0. The second-order valence-corrected chi connectivity index (χ2v) is 6.12. The Morgan fingerprint density at radius 1 is 1.08 bits per heavy atom. The van der Waals surface area contributed by atoms with Crippen molar-refractivity contribution in [3.8, 4) is 11.5 Å². The van der Waals surface area contributed by atoms with Crippen LogP contribution >= 0.6 is 27.5 Å². The van der Waals surface area contributed by atoms with Gasteiger partial charge >= 0.3 is 0 Å². The summed E-state index contributed by atoms with van der Waals surface area (Å²) >= 11 is 9.28. The quantitative estimate of drug-likeness (QED) is 0.693. The summed E-state index contributed by atoms with van der Waals surface area (Å²) in [5, 5.41) is 0.372. The number of hydrogen-bond acceptors (Lipinski definition) is 4. The lowest BCUT2D eigenvalue weighted by atomic mass is 10.2. The molecule has 0 spiro atoms. The second-order valence-electron chi connectivity index (χ2n) is 4.79. The van der Waals surface area contributed by atoms with Crippen molar-refractivity contribution >= 4 is 39.3 Å². The number of rotatable bonds is 6. The van der Waals surface area contributed by atoms with Crippen molar-refractivity contribution in [1.29, 1.82) is 0 Å². The van der Waals surface area contributed by atoms with Crippen LogP contribution in [0, 0.1) is 0 Å². The van der Waals surface area contributed by atoms with Crippen molar-refractivity contribution in [2.75, 3.05) is 13.2 Å². The molecule has 2 amide bonds. The standard InChI is InChI=1S/C17H16BrClN2O4/c1-2-24-14-6-4-3-5-12(14)17(23)21-20-16(22)10-25-15-8-7-11(18)9-13(15)19/h3-9H,2,10H2,1H3,(H,20,22)(H,21,23). The average Bonchev–Trinajstić information content (AvgIpc) is 2.59. The molecule has 0 aliphatic rings. The predicted molar refractivity (Wildman–Crippen MR) is 97.9 cm³/mol. The van der Waals surface area contributed by atoms with Crippen LogP contribution in [0.25, 0.3) is 0 Å². The molecular formula is C17H16BrClN2O4. The molecule has 25 heavy (non-hydrogen) atoms. The van der Waals surface area contributed by atoms with Gasteiger partial charge in [-0.3, -0.25) is 20.4 Å². The topological polar surface area (TPSA) is 76.7 Å². The van der Waals surface area contributed by atoms with E-state index in [-0.39, 0.29) is 6.61 Å². The highest BCUT2D eigenvalue weighted by Gasteiger charge is 2.13. The van der Waals surface area contributed by atoms with Gasteiger partial charge in [0.2, 0.25) is 0 Å². The number of carbonyl (C=O) groups is 2. The average molecular weight is 428 g/mol. The van der Waals surface area contributed by atoms with Crippen LogP contribution in [0.15, 0.2) is 46.9 Å². The molecule has 0 radical (unpaired) electrons. The van der Waals surface area contributed by atoms with Gasteiger partial charge in [0.1, 0.15) is 11.5 Å². The maximum Gasteiger partial charge on any atom is 0.276 e. The summed E-state index contributed by atoms with van der Waals surface area (Å²) in [6.45, 7) is 1.95. The summed E-state index contributed by atoms with van der Waals surface area (Å²) in [5.41, 5.74) is 4.92. The Bertz CT molecular complexity index is 770. The molecule has 0 unspecified atom stereocenters. The molecule has 6 nitrogen and oxygen atoms in total. The first-order valence-corrected chi connectivity index (χ1v) is 8.57. The first kappa shape index (κ1) is 19.1. The molecule has 0 bridgehead atoms. The number of hydrazine groups is 1. The van der Waals surface area contributed by atoms with E-state index < -0.39 is 11.8 Å². The van der Waals surface area contributed by atoms with Crippen LogP contribution < -0.4 is 20.3 Å². The molecule has 0 atom stereocenters. The van der Waals surface area contributed by atoms with Gasteiger partial charge in [0.05, 0.1) is 17.2 Å². The van der Waals surface area contributed by atoms with Gasteiger partial charge in [-0.2, -0.15) is 0 Å². The van der Waals surface area contributed by atoms with Crippen LogP contribution in [0.5, 0.6) is 11.5 Å². The molecular weight excluding hydrogens is 412 g/mol. The van der Waals surface area contributed by atoms with Gasteiger partial charge in [-0.15, -0.1) is 0 Å². The number of para-hydroxylation sites is 1. The number of amides is 2. The lowest BCUT2D eigenvalue weighted by molar-refractivity contribution is -0.123. The summed E-state index contributed by atoms with van der Waals surface area (Å²) < 4.78 is 11.5. The van der Waals surface area contributed by atoms with Crippen molar-refractivity contribution < 1.29 is 19.1 Å². The van der Waals surface area contributed by atoms with E-state index in [1.165, 1.54) is 0 Å². The van der Waals surface area contributed by atoms with E-state index in [1.54, 1.807) is 42.5 Å². The number of nitrogens with one attached hydrogen (secondary N) is 2. The van der Waals surface area contributed by atoms with Crippen molar-refractivity contribution in [1.82, 2.24) is 10.9 Å². The Kier molecular flexibility index (Phi) is 7.09. The molecule has 0 heterocycles. The molecule has 0 saturated carbocycles. The zero-order valence-electron chi connectivity index (χ0n) is 13.3. The van der Waals surface area contributed by atoms with Gasteiger partial charge in [-0.1, -0.05) is 39.7 Å². The smallest absolute Gasteiger partial charge is 0.276 e. The fourth-order valence-electron chi connectivity index (χ4n) is 1.90. The minimum absolute atomic E-state index is 0.297. The van der Waals surface area contributed by atoms with Gasteiger partial charge in [0.15, 0.2) is 6.61 Å². The van der Waals surface area contributed by atoms with Crippen LogP contribution in [0.4, 0.5) is 0 Å². The van der Waals surface area contributed by atoms with Crippen LogP contribution in [-0.4, -0.2) is 25.0 Å². The number of carbonyl (C=O) groups excluding carboxylic acids is 2. The van der Waals surface area contributed by atoms with Crippen LogP contribution in [0.3, 0.4) is 0 Å². The fourth-order valence-corrected chi connectivity index (χ4v) is 2.63. The molecule has 0 fully saturated rings. The molecule has 0 aromatic heterocycles. The molecule has 0 aliphatic carbocycles. The Morgan fingerprint density at radius 3 is 2.56 bits per heavy atom. The van der Waals surface area contributed by atoms with Crippen molar-refractivity contribution in [2.45, 2.75) is 6.92 Å². The third-order valence-corrected chi connectivity index (χ3v) is 3.79. The van der Waals surface area contributed by atoms with Crippen molar-refractivity contribution in [2.24, 2.45) is 0 Å². The number of hydrogen-bond donors (Lipinski definition) is 2. The Balaban J connectivity index is 1.86. The van der Waals surface area contributed by atoms with Gasteiger partial charge in [-0.25, -0.2) is 0 Å². The maximum absolute atomic E-state index is 12.1. The lowest BCUT2D eigenvalue weighted by Crippen LogP contribution is -2.43. The largest absolute Gasteiger partial charge is 0.493 e. The van der Waals surface area contributed by atoms with Crippen LogP contribution in [0.2, 0.25) is 5.02 Å². The van der Waals surface area contributed by atoms with Gasteiger partial charge in [0.25, 0.3) is 11.8 Å². The van der Waals surface area contributed by atoms with E-state index in [4.69, 9.17) is 21.1 Å². The highest BCUT2D eigenvalue weighted by Crippen LogP contribution is 2.27. The minimum Gasteiger partial charge on any atom is -0.493 e. The SMILES string of the molecule is CCOc1ccccc1C(=O)NNC(=O)COc1ccc(Br)cc1Cl. The minimum atomic E-state index is -0.527. The van der Waals surface area contributed by atoms with Gasteiger partial charge in [0, 0.05) is 4.47 Å². The fraction of sp³-hybridized carbons (Fsp3) is 0.176. The summed E-state index contributed by atoms with van der Waals surface area (Å²) in [6, 6.07) is 11.8. The highest BCUT2D eigenvalue weighted by molar-refractivity contribution is 9.10. The first-order chi connectivity index (χ1) is 12.0. The molecule has 2 rings (SSSR count). The molecule has 0 saturated heterocycles. The third kappa shape index (κ3) is 5.65. The molecule has 132 valence electrons. The third-order valence-electron chi connectivity index (χ3n) is 3.00. The molecule has 0 aliphatic heterocycles. The number of ether oxygens (including phenoxy) is 2. The van der Waals surface area contributed by atoms with Gasteiger partial charge < -0.3 is 9.47 Å². The van der Waals surface area contributed by atoms with E-state index in [0.29, 0.717) is 28.7 Å². The summed E-state index contributed by atoms with van der Waals surface area (Å²) in [6.07, 6.45) is 0. The second kappa shape index (κ2) is 9.29. The lowest BCUT2D eigenvalue weighted by Gasteiger charge is -2.12. The molecule has 2 aromatic rings. The van der Waals surface area contributed by atoms with E-state index in [2.05, 4.69) is 26.8 Å². The van der Waals surface area contributed by atoms with E-state index >= 15 is 0 Å². The van der Waals surface area contributed by atoms with Crippen molar-refractivity contribution in [3.05, 3.63) is 57.5 Å². The summed E-state index contributed by atoms with van der Waals surface area (Å²) in [5.74, 6) is -0.206. The number of benzene rings is 2.